The molecule has 1 unspecified atom stereocenters. The third kappa shape index (κ3) is 6.89. The molecule has 2 amide bonds. The summed E-state index contributed by atoms with van der Waals surface area (Å²) in [5.74, 6) is 0.491. The number of benzene rings is 2. The highest BCUT2D eigenvalue weighted by atomic mass is 32.2. The Balaban J connectivity index is 1.23. The first-order chi connectivity index (χ1) is 19.9. The number of rotatable bonds is 11. The monoisotopic (exact) mass is 572 g/mol. The van der Waals surface area contributed by atoms with E-state index in [-0.39, 0.29) is 23.6 Å². The van der Waals surface area contributed by atoms with Crippen LogP contribution in [0.1, 0.15) is 63.5 Å². The molecule has 1 fully saturated rings. The Bertz CT molecular complexity index is 1500. The normalized spacial score (nSPS) is 15.6. The lowest BCUT2D eigenvalue weighted by Crippen LogP contribution is -2.55. The van der Waals surface area contributed by atoms with E-state index in [0.717, 1.165) is 40.5 Å². The maximum absolute atomic E-state index is 13.1. The third-order valence-electron chi connectivity index (χ3n) is 7.91. The molecular weight excluding hydrogens is 532 g/mol. The number of piperazine rings is 1. The van der Waals surface area contributed by atoms with Crippen molar-refractivity contribution in [3.8, 4) is 0 Å². The number of carbonyl (C=O) groups excluding carboxylic acids is 2. The number of nitrogens with zero attached hydrogens (tertiary/aromatic N) is 6. The van der Waals surface area contributed by atoms with Crippen molar-refractivity contribution in [3.63, 3.8) is 0 Å². The predicted molar refractivity (Wildman–Crippen MR) is 165 cm³/mol. The molecule has 0 radical (unpaired) electrons. The molecule has 0 N–H and O–H groups in total. The Morgan fingerprint density at radius 2 is 1.78 bits per heavy atom. The Morgan fingerprint density at radius 1 is 0.976 bits per heavy atom. The lowest BCUT2D eigenvalue weighted by atomic mass is 10.1. The van der Waals surface area contributed by atoms with E-state index in [2.05, 4.69) is 58.9 Å². The molecule has 1 aliphatic heterocycles. The van der Waals surface area contributed by atoms with Crippen molar-refractivity contribution >= 4 is 45.6 Å². The number of unbranched alkanes of at least 4 members (excludes halogenated alkanes) is 4. The summed E-state index contributed by atoms with van der Waals surface area (Å²) in [6, 6.07) is 16.7. The van der Waals surface area contributed by atoms with Crippen LogP contribution in [0.3, 0.4) is 0 Å². The van der Waals surface area contributed by atoms with Crippen LogP contribution in [-0.2, 0) is 16.1 Å². The summed E-state index contributed by atoms with van der Waals surface area (Å²) < 4.78 is 2.18. The smallest absolute Gasteiger partial charge is 0.233 e. The zero-order valence-corrected chi connectivity index (χ0v) is 25.2. The summed E-state index contributed by atoms with van der Waals surface area (Å²) in [4.78, 5) is 34.6. The SMILES string of the molecule is CCCCCCCC(=O)N1CCN(C(=O)CSc2nnc3c4cc(C)ccc4n(Cc4ccccc4)c3n2)CC1C. The number of hydrogen-bond acceptors (Lipinski definition) is 6. The van der Waals surface area contributed by atoms with Crippen molar-refractivity contribution in [1.29, 1.82) is 0 Å². The summed E-state index contributed by atoms with van der Waals surface area (Å²) in [7, 11) is 0. The topological polar surface area (TPSA) is 84.2 Å². The van der Waals surface area contributed by atoms with E-state index in [0.29, 0.717) is 37.8 Å². The number of carbonyl (C=O) groups is 2. The zero-order chi connectivity index (χ0) is 28.8. The Labute approximate surface area is 246 Å². The lowest BCUT2D eigenvalue weighted by molar-refractivity contribution is -0.141. The average molecular weight is 573 g/mol. The van der Waals surface area contributed by atoms with Gasteiger partial charge in [-0.05, 0) is 38.0 Å². The molecule has 41 heavy (non-hydrogen) atoms. The second-order valence-corrected chi connectivity index (χ2v) is 12.0. The third-order valence-corrected chi connectivity index (χ3v) is 8.73. The molecule has 0 saturated carbocycles. The summed E-state index contributed by atoms with van der Waals surface area (Å²) in [5.41, 5.74) is 4.95. The van der Waals surface area contributed by atoms with Crippen molar-refractivity contribution in [2.24, 2.45) is 0 Å². The highest BCUT2D eigenvalue weighted by molar-refractivity contribution is 7.99. The molecule has 3 heterocycles. The first-order valence-corrected chi connectivity index (χ1v) is 15.8. The van der Waals surface area contributed by atoms with E-state index in [1.807, 2.05) is 34.9 Å². The Hall–Kier alpha value is -3.46. The lowest BCUT2D eigenvalue weighted by Gasteiger charge is -2.40. The number of thioether (sulfide) groups is 1. The van der Waals surface area contributed by atoms with Gasteiger partial charge in [0.25, 0.3) is 0 Å². The van der Waals surface area contributed by atoms with Crippen molar-refractivity contribution in [3.05, 3.63) is 59.7 Å². The van der Waals surface area contributed by atoms with E-state index in [1.165, 1.54) is 36.6 Å². The number of hydrogen-bond donors (Lipinski definition) is 0. The molecule has 0 spiro atoms. The maximum Gasteiger partial charge on any atom is 0.233 e. The molecule has 8 nitrogen and oxygen atoms in total. The molecule has 1 atom stereocenters. The van der Waals surface area contributed by atoms with E-state index in [1.54, 1.807) is 0 Å². The molecule has 4 aromatic rings. The quantitative estimate of drug-likeness (QED) is 0.166. The van der Waals surface area contributed by atoms with Gasteiger partial charge in [-0.15, -0.1) is 10.2 Å². The minimum atomic E-state index is 0.0206. The van der Waals surface area contributed by atoms with Gasteiger partial charge in [-0.25, -0.2) is 4.98 Å². The summed E-state index contributed by atoms with van der Waals surface area (Å²) in [6.45, 7) is 8.69. The van der Waals surface area contributed by atoms with Crippen LogP contribution in [0.2, 0.25) is 0 Å². The number of fused-ring (bicyclic) bond motifs is 3. The number of amides is 2. The minimum absolute atomic E-state index is 0.0206. The van der Waals surface area contributed by atoms with Crippen LogP contribution in [0.5, 0.6) is 0 Å². The molecule has 5 rings (SSSR count). The molecule has 1 aliphatic rings. The van der Waals surface area contributed by atoms with Crippen LogP contribution < -0.4 is 0 Å². The van der Waals surface area contributed by atoms with Crippen molar-refractivity contribution in [1.82, 2.24) is 29.5 Å². The van der Waals surface area contributed by atoms with Crippen LogP contribution in [-0.4, -0.2) is 72.8 Å². The van der Waals surface area contributed by atoms with Crippen LogP contribution in [0.25, 0.3) is 22.1 Å². The van der Waals surface area contributed by atoms with E-state index < -0.39 is 0 Å². The largest absolute Gasteiger partial charge is 0.338 e. The van der Waals surface area contributed by atoms with E-state index in [9.17, 15) is 9.59 Å². The van der Waals surface area contributed by atoms with Gasteiger partial charge >= 0.3 is 0 Å². The first kappa shape index (κ1) is 29.0. The molecule has 0 aliphatic carbocycles. The van der Waals surface area contributed by atoms with E-state index in [4.69, 9.17) is 4.98 Å². The minimum Gasteiger partial charge on any atom is -0.338 e. The van der Waals surface area contributed by atoms with Crippen LogP contribution in [0.15, 0.2) is 53.7 Å². The highest BCUT2D eigenvalue weighted by Gasteiger charge is 2.29. The van der Waals surface area contributed by atoms with E-state index >= 15 is 0 Å². The zero-order valence-electron chi connectivity index (χ0n) is 24.4. The van der Waals surface area contributed by atoms with Crippen LogP contribution in [0.4, 0.5) is 0 Å². The molecule has 2 aromatic heterocycles. The summed E-state index contributed by atoms with van der Waals surface area (Å²) in [6.07, 6.45) is 6.29. The molecule has 1 saturated heterocycles. The molecule has 2 aromatic carbocycles. The first-order valence-electron chi connectivity index (χ1n) is 14.8. The molecule has 9 heteroatoms. The summed E-state index contributed by atoms with van der Waals surface area (Å²) >= 11 is 1.32. The standard InChI is InChI=1S/C32H40N6O2S/c1-4-5-6-7-11-14-28(39)37-18-17-36(20-24(37)3)29(40)22-41-32-33-31-30(34-35-32)26-19-23(2)15-16-27(26)38(31)21-25-12-9-8-10-13-25/h8-10,12-13,15-16,19,24H,4-7,11,14,17-18,20-22H2,1-3H3. The second kappa shape index (κ2) is 13.5. The fourth-order valence-electron chi connectivity index (χ4n) is 5.64. The molecule has 216 valence electrons. The van der Waals surface area contributed by atoms with Gasteiger partial charge in [0.2, 0.25) is 17.0 Å². The Morgan fingerprint density at radius 3 is 2.56 bits per heavy atom. The second-order valence-electron chi connectivity index (χ2n) is 11.1. The number of aromatic nitrogens is 4. The van der Waals surface area contributed by atoms with Gasteiger partial charge in [0.15, 0.2) is 5.65 Å². The molecule has 0 bridgehead atoms. The summed E-state index contributed by atoms with van der Waals surface area (Å²) in [5, 5.41) is 10.5. The average Bonchev–Trinajstić information content (AvgIpc) is 3.27. The van der Waals surface area contributed by atoms with Gasteiger partial charge in [0.1, 0.15) is 5.52 Å². The van der Waals surface area contributed by atoms with Crippen LogP contribution >= 0.6 is 11.8 Å². The van der Waals surface area contributed by atoms with Gasteiger partial charge in [-0.3, -0.25) is 9.59 Å². The van der Waals surface area contributed by atoms with Gasteiger partial charge in [-0.2, -0.15) is 0 Å². The fourth-order valence-corrected chi connectivity index (χ4v) is 6.32. The highest BCUT2D eigenvalue weighted by Crippen LogP contribution is 2.29. The molecular formula is C32H40N6O2S. The van der Waals surface area contributed by atoms with Crippen LogP contribution in [0, 0.1) is 6.92 Å². The van der Waals surface area contributed by atoms with Gasteiger partial charge in [0.05, 0.1) is 11.3 Å². The Kier molecular flexibility index (Phi) is 9.54. The fraction of sp³-hybridized carbons (Fsp3) is 0.469. The van der Waals surface area contributed by atoms with Gasteiger partial charge < -0.3 is 14.4 Å². The van der Waals surface area contributed by atoms with Crippen molar-refractivity contribution < 1.29 is 9.59 Å². The van der Waals surface area contributed by atoms with Crippen molar-refractivity contribution in [2.75, 3.05) is 25.4 Å². The van der Waals surface area contributed by atoms with Crippen molar-refractivity contribution in [2.45, 2.75) is 77.0 Å². The predicted octanol–water partition coefficient (Wildman–Crippen LogP) is 5.85. The van der Waals surface area contributed by atoms with Gasteiger partial charge in [-0.1, -0.05) is 86.3 Å². The number of aryl methyl sites for hydroxylation is 1. The van der Waals surface area contributed by atoms with Gasteiger partial charge in [0, 0.05) is 44.0 Å². The maximum atomic E-state index is 13.1.